The van der Waals surface area contributed by atoms with Gasteiger partial charge < -0.3 is 15.3 Å². The summed E-state index contributed by atoms with van der Waals surface area (Å²) in [5.41, 5.74) is 1.94. The summed E-state index contributed by atoms with van der Waals surface area (Å²) >= 11 is 0. The summed E-state index contributed by atoms with van der Waals surface area (Å²) in [5, 5.41) is 20.4. The van der Waals surface area contributed by atoms with E-state index in [0.717, 1.165) is 33.6 Å². The van der Waals surface area contributed by atoms with Crippen LogP contribution in [0.4, 0.5) is 30.5 Å². The lowest BCUT2D eigenvalue weighted by atomic mass is 9.81. The van der Waals surface area contributed by atoms with Gasteiger partial charge >= 0.3 is 16.5 Å². The van der Waals surface area contributed by atoms with Crippen molar-refractivity contribution in [3.05, 3.63) is 59.9 Å². The number of nitrogens with zero attached hydrogens (tertiary/aromatic N) is 9. The molecule has 0 spiro atoms. The average Bonchev–Trinajstić information content (AvgIpc) is 3.64. The Kier molecular flexibility index (Phi) is 8.58. The first-order valence-electron chi connectivity index (χ1n) is 13.8. The smallest absolute Gasteiger partial charge is 0.396 e. The minimum absolute atomic E-state index is 0.0648. The van der Waals surface area contributed by atoms with Crippen molar-refractivity contribution in [2.75, 3.05) is 44.0 Å². The van der Waals surface area contributed by atoms with Crippen LogP contribution in [0.3, 0.4) is 0 Å². The van der Waals surface area contributed by atoms with Gasteiger partial charge in [0.15, 0.2) is 5.82 Å². The molecule has 17 heteroatoms. The van der Waals surface area contributed by atoms with Crippen LogP contribution in [0.15, 0.2) is 43.1 Å². The summed E-state index contributed by atoms with van der Waals surface area (Å²) in [7, 11) is -1.02. The standard InChI is InChI=1S/C28H31F3N10O3S/c1-19-22(17-41(37-19)45(43,44)38(3)4)26-32-10-7-24(36-26)35-25-13-23(39-11-8-27(2,18-42)9-12-39)21(15-33-25)6-5-20-14-34-40(16-20)28(29,30)31/h7,10,13-17,42H,8-9,11-12,18H2,1-4H3,(H,32,33,35,36). The first-order valence-corrected chi connectivity index (χ1v) is 15.2. The van der Waals surface area contributed by atoms with E-state index in [-0.39, 0.29) is 28.1 Å². The highest BCUT2D eigenvalue weighted by Crippen LogP contribution is 2.34. The van der Waals surface area contributed by atoms with Crippen molar-refractivity contribution in [3.63, 3.8) is 0 Å². The van der Waals surface area contributed by atoms with Gasteiger partial charge in [0, 0.05) is 58.4 Å². The van der Waals surface area contributed by atoms with Crippen LogP contribution >= 0.6 is 0 Å². The third kappa shape index (κ3) is 6.92. The third-order valence-electron chi connectivity index (χ3n) is 7.49. The van der Waals surface area contributed by atoms with Crippen LogP contribution in [0.2, 0.25) is 0 Å². The zero-order valence-electron chi connectivity index (χ0n) is 24.9. The van der Waals surface area contributed by atoms with E-state index in [1.54, 1.807) is 19.1 Å². The highest BCUT2D eigenvalue weighted by atomic mass is 32.2. The minimum Gasteiger partial charge on any atom is -0.396 e. The van der Waals surface area contributed by atoms with Crippen LogP contribution in [0.5, 0.6) is 0 Å². The zero-order chi connectivity index (χ0) is 32.6. The van der Waals surface area contributed by atoms with Crippen molar-refractivity contribution < 1.29 is 26.7 Å². The maximum atomic E-state index is 13.0. The number of aryl methyl sites for hydroxylation is 1. The Morgan fingerprint density at radius 2 is 1.84 bits per heavy atom. The van der Waals surface area contributed by atoms with Crippen LogP contribution in [0.25, 0.3) is 11.4 Å². The second-order valence-electron chi connectivity index (χ2n) is 11.1. The van der Waals surface area contributed by atoms with E-state index in [4.69, 9.17) is 0 Å². The third-order valence-corrected chi connectivity index (χ3v) is 9.07. The van der Waals surface area contributed by atoms with E-state index >= 15 is 0 Å². The second kappa shape index (κ2) is 12.1. The summed E-state index contributed by atoms with van der Waals surface area (Å²) in [6.45, 7) is 4.99. The van der Waals surface area contributed by atoms with Crippen molar-refractivity contribution in [3.8, 4) is 23.2 Å². The van der Waals surface area contributed by atoms with E-state index in [2.05, 4.69) is 47.2 Å². The lowest BCUT2D eigenvalue weighted by Crippen LogP contribution is -2.40. The average molecular weight is 645 g/mol. The molecule has 2 N–H and O–H groups in total. The van der Waals surface area contributed by atoms with Crippen molar-refractivity contribution in [1.29, 1.82) is 0 Å². The Balaban J connectivity index is 1.45. The molecule has 1 saturated heterocycles. The largest absolute Gasteiger partial charge is 0.504 e. The van der Waals surface area contributed by atoms with Crippen LogP contribution in [-0.2, 0) is 16.5 Å². The molecule has 0 amide bonds. The number of aromatic nitrogens is 7. The summed E-state index contributed by atoms with van der Waals surface area (Å²) in [6, 6.07) is 3.40. The number of pyridine rings is 1. The Bertz CT molecular complexity index is 1870. The van der Waals surface area contributed by atoms with Crippen molar-refractivity contribution >= 4 is 27.5 Å². The molecule has 238 valence electrons. The zero-order valence-corrected chi connectivity index (χ0v) is 25.7. The van der Waals surface area contributed by atoms with E-state index < -0.39 is 16.5 Å². The quantitative estimate of drug-likeness (QED) is 0.288. The molecule has 0 radical (unpaired) electrons. The number of hydrogen-bond donors (Lipinski definition) is 2. The van der Waals surface area contributed by atoms with Gasteiger partial charge in [-0.05, 0) is 31.2 Å². The van der Waals surface area contributed by atoms with Gasteiger partial charge in [0.2, 0.25) is 0 Å². The Morgan fingerprint density at radius 3 is 2.49 bits per heavy atom. The first kappa shape index (κ1) is 31.9. The number of anilines is 3. The minimum atomic E-state index is -4.64. The molecule has 1 fully saturated rings. The molecule has 4 aromatic heterocycles. The number of nitrogens with one attached hydrogen (secondary N) is 1. The topological polar surface area (TPSA) is 147 Å². The molecule has 0 aliphatic carbocycles. The van der Waals surface area contributed by atoms with Crippen LogP contribution in [-0.4, -0.2) is 85.5 Å². The summed E-state index contributed by atoms with van der Waals surface area (Å²) in [4.78, 5) is 15.4. The summed E-state index contributed by atoms with van der Waals surface area (Å²) < 4.78 is 65.8. The Morgan fingerprint density at radius 1 is 1.11 bits per heavy atom. The molecule has 0 bridgehead atoms. The van der Waals surface area contributed by atoms with Crippen LogP contribution in [0, 0.1) is 24.2 Å². The van der Waals surface area contributed by atoms with Gasteiger partial charge in [-0.2, -0.15) is 31.7 Å². The number of halogens is 3. The molecule has 0 atom stereocenters. The van der Waals surface area contributed by atoms with Gasteiger partial charge in [-0.15, -0.1) is 13.2 Å². The molecule has 0 saturated carbocycles. The number of rotatable bonds is 7. The number of alkyl halides is 3. The molecule has 45 heavy (non-hydrogen) atoms. The molecule has 0 unspecified atom stereocenters. The maximum Gasteiger partial charge on any atom is 0.504 e. The van der Waals surface area contributed by atoms with Gasteiger partial charge in [-0.1, -0.05) is 18.8 Å². The lowest BCUT2D eigenvalue weighted by molar-refractivity contribution is -0.212. The van der Waals surface area contributed by atoms with E-state index in [0.29, 0.717) is 47.2 Å². The Labute approximate surface area is 257 Å². The summed E-state index contributed by atoms with van der Waals surface area (Å²) in [6.07, 6.45) is 3.07. The molecule has 5 heterocycles. The number of aliphatic hydroxyl groups is 1. The predicted octanol–water partition coefficient (Wildman–Crippen LogP) is 3.11. The molecule has 1 aliphatic rings. The summed E-state index contributed by atoms with van der Waals surface area (Å²) in [5.74, 6) is 6.73. The van der Waals surface area contributed by atoms with E-state index in [9.17, 15) is 26.7 Å². The number of piperidine rings is 1. The number of hydrogen-bond acceptors (Lipinski definition) is 10. The normalized spacial score (nSPS) is 15.2. The predicted molar refractivity (Wildman–Crippen MR) is 160 cm³/mol. The van der Waals surface area contributed by atoms with Gasteiger partial charge in [0.25, 0.3) is 0 Å². The molecule has 13 nitrogen and oxygen atoms in total. The SMILES string of the molecule is Cc1nn(S(=O)(=O)N(C)C)cc1-c1nccc(Nc2cc(N3CCC(C)(CO)CC3)c(C#Cc3cnn(C(F)(F)F)c3)cn2)n1. The fraction of sp³-hybridized carbons (Fsp3) is 0.393. The van der Waals surface area contributed by atoms with Crippen molar-refractivity contribution in [1.82, 2.24) is 38.2 Å². The first-order chi connectivity index (χ1) is 21.2. The van der Waals surface area contributed by atoms with Crippen LogP contribution < -0.4 is 10.2 Å². The molecular formula is C28H31F3N10O3S. The molecule has 0 aromatic carbocycles. The molecule has 5 rings (SSSR count). The maximum absolute atomic E-state index is 13.0. The van der Waals surface area contributed by atoms with E-state index in [1.165, 1.54) is 32.7 Å². The molecular weight excluding hydrogens is 613 g/mol. The van der Waals surface area contributed by atoms with Crippen molar-refractivity contribution in [2.45, 2.75) is 33.0 Å². The second-order valence-corrected chi connectivity index (χ2v) is 13.1. The lowest BCUT2D eigenvalue weighted by Gasteiger charge is -2.39. The Hall–Kier alpha value is -4.53. The van der Waals surface area contributed by atoms with Crippen LogP contribution in [0.1, 0.15) is 36.6 Å². The van der Waals surface area contributed by atoms with Gasteiger partial charge in [-0.3, -0.25) is 0 Å². The van der Waals surface area contributed by atoms with Gasteiger partial charge in [0.05, 0.1) is 40.5 Å². The fourth-order valence-electron chi connectivity index (χ4n) is 4.61. The number of aliphatic hydroxyl groups excluding tert-OH is 1. The molecule has 1 aliphatic heterocycles. The fourth-order valence-corrected chi connectivity index (χ4v) is 5.41. The highest BCUT2D eigenvalue weighted by molar-refractivity contribution is 7.87. The highest BCUT2D eigenvalue weighted by Gasteiger charge is 2.32. The van der Waals surface area contributed by atoms with Gasteiger partial charge in [0.1, 0.15) is 11.6 Å². The monoisotopic (exact) mass is 644 g/mol. The van der Waals surface area contributed by atoms with Gasteiger partial charge in [-0.25, -0.2) is 15.0 Å². The van der Waals surface area contributed by atoms with Crippen molar-refractivity contribution in [2.24, 2.45) is 5.41 Å². The molecule has 4 aromatic rings. The van der Waals surface area contributed by atoms with E-state index in [1.807, 2.05) is 6.92 Å².